The van der Waals surface area contributed by atoms with Crippen LogP contribution in [-0.2, 0) is 0 Å². The molecule has 3 N–H and O–H groups in total. The Morgan fingerprint density at radius 2 is 1.42 bits per heavy atom. The highest BCUT2D eigenvalue weighted by molar-refractivity contribution is 6.74. The SMILES string of the molecule is CC[Si](C)(O)CC[Si](O)(O)CC. The minimum atomic E-state index is -2.93. The standard InChI is InChI=1S/C7H20O3Si2/c1-4-11(3,8)6-7-12(9,10)5-2/h8-10H,4-7H2,1-3H3. The van der Waals surface area contributed by atoms with E-state index in [2.05, 4.69) is 0 Å². The van der Waals surface area contributed by atoms with Crippen LogP contribution in [0.15, 0.2) is 0 Å². The van der Waals surface area contributed by atoms with E-state index >= 15 is 0 Å². The molecule has 0 radical (unpaired) electrons. The Balaban J connectivity index is 3.82. The van der Waals surface area contributed by atoms with Crippen molar-refractivity contribution >= 4 is 16.9 Å². The third-order valence-electron chi connectivity index (χ3n) is 2.39. The average Bonchev–Trinajstić information content (AvgIpc) is 2.02. The third-order valence-corrected chi connectivity index (χ3v) is 7.93. The molecule has 0 aliphatic carbocycles. The maximum Gasteiger partial charge on any atom is 0.332 e. The summed E-state index contributed by atoms with van der Waals surface area (Å²) < 4.78 is 0. The molecule has 0 fully saturated rings. The van der Waals surface area contributed by atoms with Crippen molar-refractivity contribution in [3.8, 4) is 0 Å². The number of rotatable bonds is 5. The zero-order valence-corrected chi connectivity index (χ0v) is 10.2. The van der Waals surface area contributed by atoms with Crippen molar-refractivity contribution in [3.05, 3.63) is 0 Å². The first kappa shape index (κ1) is 12.3. The van der Waals surface area contributed by atoms with Gasteiger partial charge in [-0.05, 0) is 30.7 Å². The Kier molecular flexibility index (Phi) is 4.64. The van der Waals surface area contributed by atoms with Crippen molar-refractivity contribution in [1.82, 2.24) is 0 Å². The molecule has 1 atom stereocenters. The van der Waals surface area contributed by atoms with Crippen molar-refractivity contribution in [2.24, 2.45) is 0 Å². The summed E-state index contributed by atoms with van der Waals surface area (Å²) >= 11 is 0. The fourth-order valence-electron chi connectivity index (χ4n) is 0.823. The minimum absolute atomic E-state index is 0.427. The fourth-order valence-corrected chi connectivity index (χ4v) is 5.29. The fraction of sp³-hybridized carbons (Fsp3) is 1.00. The van der Waals surface area contributed by atoms with Crippen LogP contribution in [0.25, 0.3) is 0 Å². The van der Waals surface area contributed by atoms with Gasteiger partial charge in [-0.3, -0.25) is 0 Å². The molecule has 0 aromatic heterocycles. The van der Waals surface area contributed by atoms with Crippen LogP contribution in [-0.4, -0.2) is 31.3 Å². The zero-order chi connectivity index (χ0) is 9.83. The average molecular weight is 208 g/mol. The van der Waals surface area contributed by atoms with Crippen LogP contribution >= 0.6 is 0 Å². The molecule has 5 heteroatoms. The van der Waals surface area contributed by atoms with E-state index in [0.717, 1.165) is 6.04 Å². The summed E-state index contributed by atoms with van der Waals surface area (Å²) in [5.74, 6) is 0. The minimum Gasteiger partial charge on any atom is -0.432 e. The summed E-state index contributed by atoms with van der Waals surface area (Å²) in [4.78, 5) is 28.5. The summed E-state index contributed by atoms with van der Waals surface area (Å²) in [7, 11) is -5.02. The maximum absolute atomic E-state index is 9.72. The van der Waals surface area contributed by atoms with Crippen LogP contribution in [0.5, 0.6) is 0 Å². The van der Waals surface area contributed by atoms with E-state index in [0.29, 0.717) is 18.1 Å². The largest absolute Gasteiger partial charge is 0.432 e. The molecule has 0 saturated heterocycles. The monoisotopic (exact) mass is 208 g/mol. The van der Waals surface area contributed by atoms with Crippen molar-refractivity contribution in [2.45, 2.75) is 44.6 Å². The van der Waals surface area contributed by atoms with Gasteiger partial charge in [-0.25, -0.2) is 0 Å². The zero-order valence-electron chi connectivity index (χ0n) is 8.17. The highest BCUT2D eigenvalue weighted by Gasteiger charge is 2.31. The van der Waals surface area contributed by atoms with E-state index in [-0.39, 0.29) is 0 Å². The van der Waals surface area contributed by atoms with Gasteiger partial charge in [0.1, 0.15) is 0 Å². The van der Waals surface area contributed by atoms with Gasteiger partial charge < -0.3 is 14.4 Å². The van der Waals surface area contributed by atoms with E-state index in [1.165, 1.54) is 0 Å². The maximum atomic E-state index is 9.72. The van der Waals surface area contributed by atoms with Crippen LogP contribution in [0.4, 0.5) is 0 Å². The molecule has 0 saturated carbocycles. The lowest BCUT2D eigenvalue weighted by Gasteiger charge is -2.22. The van der Waals surface area contributed by atoms with Crippen LogP contribution in [0.1, 0.15) is 13.8 Å². The molecule has 0 aliphatic heterocycles. The molecular weight excluding hydrogens is 188 g/mol. The van der Waals surface area contributed by atoms with E-state index in [1.807, 2.05) is 13.5 Å². The van der Waals surface area contributed by atoms with Gasteiger partial charge in [0, 0.05) is 0 Å². The third kappa shape index (κ3) is 5.05. The second-order valence-corrected chi connectivity index (χ2v) is 11.1. The molecule has 0 rings (SSSR count). The van der Waals surface area contributed by atoms with Crippen LogP contribution in [0.3, 0.4) is 0 Å². The van der Waals surface area contributed by atoms with E-state index in [4.69, 9.17) is 0 Å². The van der Waals surface area contributed by atoms with Crippen LogP contribution in [0, 0.1) is 0 Å². The number of hydrogen-bond donors (Lipinski definition) is 3. The van der Waals surface area contributed by atoms with Crippen LogP contribution in [0.2, 0.25) is 30.7 Å². The lowest BCUT2D eigenvalue weighted by atomic mass is 10.9. The van der Waals surface area contributed by atoms with Crippen molar-refractivity contribution < 1.29 is 14.4 Å². The van der Waals surface area contributed by atoms with Gasteiger partial charge in [0.15, 0.2) is 8.32 Å². The Morgan fingerprint density at radius 1 is 0.917 bits per heavy atom. The molecular formula is C7H20O3Si2. The topological polar surface area (TPSA) is 60.7 Å². The Morgan fingerprint density at radius 3 is 1.75 bits per heavy atom. The first-order valence-corrected chi connectivity index (χ1v) is 9.67. The molecule has 0 aliphatic rings. The van der Waals surface area contributed by atoms with Gasteiger partial charge in [-0.1, -0.05) is 13.8 Å². The van der Waals surface area contributed by atoms with Gasteiger partial charge in [0.05, 0.1) is 0 Å². The molecule has 0 aromatic rings. The van der Waals surface area contributed by atoms with Crippen molar-refractivity contribution in [3.63, 3.8) is 0 Å². The molecule has 1 unspecified atom stereocenters. The lowest BCUT2D eigenvalue weighted by Crippen LogP contribution is -2.38. The van der Waals surface area contributed by atoms with Crippen molar-refractivity contribution in [2.75, 3.05) is 0 Å². The second kappa shape index (κ2) is 4.52. The molecule has 0 spiro atoms. The quantitative estimate of drug-likeness (QED) is 0.591. The second-order valence-electron chi connectivity index (χ2n) is 3.69. The highest BCUT2D eigenvalue weighted by atomic mass is 28.4. The van der Waals surface area contributed by atoms with Crippen LogP contribution < -0.4 is 0 Å². The van der Waals surface area contributed by atoms with E-state index < -0.39 is 16.9 Å². The molecule has 0 heterocycles. The van der Waals surface area contributed by atoms with Gasteiger partial charge >= 0.3 is 8.56 Å². The van der Waals surface area contributed by atoms with Gasteiger partial charge in [0.25, 0.3) is 0 Å². The first-order valence-electron chi connectivity index (χ1n) is 4.50. The molecule has 0 bridgehead atoms. The lowest BCUT2D eigenvalue weighted by molar-refractivity contribution is 0.360. The Labute approximate surface area is 76.4 Å². The van der Waals surface area contributed by atoms with Crippen molar-refractivity contribution in [1.29, 1.82) is 0 Å². The summed E-state index contributed by atoms with van der Waals surface area (Å²) in [6, 6.07) is 2.30. The molecule has 74 valence electrons. The van der Waals surface area contributed by atoms with E-state index in [9.17, 15) is 14.4 Å². The predicted octanol–water partition coefficient (Wildman–Crippen LogP) is 1.02. The smallest absolute Gasteiger partial charge is 0.332 e. The van der Waals surface area contributed by atoms with E-state index in [1.54, 1.807) is 6.92 Å². The summed E-state index contributed by atoms with van der Waals surface area (Å²) in [6.07, 6.45) is 0. The number of hydrogen-bond acceptors (Lipinski definition) is 3. The summed E-state index contributed by atoms with van der Waals surface area (Å²) in [5, 5.41) is 0. The molecule has 12 heavy (non-hydrogen) atoms. The molecule has 3 nitrogen and oxygen atoms in total. The summed E-state index contributed by atoms with van der Waals surface area (Å²) in [6.45, 7) is 5.61. The van der Waals surface area contributed by atoms with Gasteiger partial charge in [-0.15, -0.1) is 0 Å². The predicted molar refractivity (Wildman–Crippen MR) is 54.6 cm³/mol. The summed E-state index contributed by atoms with van der Waals surface area (Å²) in [5.41, 5.74) is 0. The highest BCUT2D eigenvalue weighted by Crippen LogP contribution is 2.19. The molecule has 0 amide bonds. The van der Waals surface area contributed by atoms with Gasteiger partial charge in [-0.2, -0.15) is 0 Å². The Hall–Kier alpha value is 0.314. The first-order chi connectivity index (χ1) is 5.33. The Bertz CT molecular complexity index is 121. The molecule has 0 aromatic carbocycles. The van der Waals surface area contributed by atoms with Gasteiger partial charge in [0.2, 0.25) is 0 Å². The normalized spacial score (nSPS) is 17.5.